The number of nitrogens with zero attached hydrogens (tertiary/aromatic N) is 2. The molecule has 0 bridgehead atoms. The van der Waals surface area contributed by atoms with Crippen LogP contribution in [0.4, 0.5) is 0 Å². The highest BCUT2D eigenvalue weighted by Crippen LogP contribution is 2.42. The maximum Gasteiger partial charge on any atom is 0.240 e. The molecule has 0 unspecified atom stereocenters. The summed E-state index contributed by atoms with van der Waals surface area (Å²) in [5.74, 6) is 1.31. The molecule has 0 aliphatic carbocycles. The fourth-order valence-corrected chi connectivity index (χ4v) is 4.05. The zero-order chi connectivity index (χ0) is 19.4. The summed E-state index contributed by atoms with van der Waals surface area (Å²) in [5.41, 5.74) is 0.887. The zero-order valence-electron chi connectivity index (χ0n) is 15.9. The number of hydrogen-bond donors (Lipinski definition) is 2. The lowest BCUT2D eigenvalue weighted by Crippen LogP contribution is -2.45. The van der Waals surface area contributed by atoms with Crippen LogP contribution in [0, 0.1) is 11.3 Å². The van der Waals surface area contributed by atoms with E-state index in [0.29, 0.717) is 44.2 Å². The normalized spacial score (nSPS) is 24.6. The largest absolute Gasteiger partial charge is 0.508 e. The number of phenolic OH excluding ortho intramolecular Hbond substituents is 1. The lowest BCUT2D eigenvalue weighted by Gasteiger charge is -2.23. The van der Waals surface area contributed by atoms with Crippen LogP contribution in [0.5, 0.6) is 17.2 Å². The van der Waals surface area contributed by atoms with E-state index in [2.05, 4.69) is 11.4 Å². The number of nitriles is 1. The molecule has 2 fully saturated rings. The lowest BCUT2D eigenvalue weighted by atomic mass is 9.93. The summed E-state index contributed by atoms with van der Waals surface area (Å²) in [6, 6.07) is 4.80. The van der Waals surface area contributed by atoms with Gasteiger partial charge in [0, 0.05) is 36.7 Å². The average Bonchev–Trinajstić information content (AvgIpc) is 3.31. The van der Waals surface area contributed by atoms with Gasteiger partial charge in [-0.25, -0.2) is 0 Å². The Morgan fingerprint density at radius 2 is 2.00 bits per heavy atom. The number of carbonyl (C=O) groups excluding carboxylic acids is 1. The molecule has 7 nitrogen and oxygen atoms in total. The van der Waals surface area contributed by atoms with Gasteiger partial charge in [-0.05, 0) is 33.1 Å². The van der Waals surface area contributed by atoms with Gasteiger partial charge >= 0.3 is 0 Å². The van der Waals surface area contributed by atoms with E-state index in [0.717, 1.165) is 18.4 Å². The average molecular weight is 373 g/mol. The molecular weight excluding hydrogens is 346 g/mol. The minimum Gasteiger partial charge on any atom is -0.508 e. The van der Waals surface area contributed by atoms with Gasteiger partial charge < -0.3 is 24.8 Å². The van der Waals surface area contributed by atoms with E-state index >= 15 is 0 Å². The van der Waals surface area contributed by atoms with E-state index in [9.17, 15) is 15.2 Å². The first-order valence-electron chi connectivity index (χ1n) is 9.65. The Labute approximate surface area is 159 Å². The monoisotopic (exact) mass is 373 g/mol. The van der Waals surface area contributed by atoms with Gasteiger partial charge in [-0.3, -0.25) is 4.79 Å². The van der Waals surface area contributed by atoms with Gasteiger partial charge in [0.1, 0.15) is 23.3 Å². The van der Waals surface area contributed by atoms with Crippen LogP contribution in [0.15, 0.2) is 12.1 Å². The van der Waals surface area contributed by atoms with Crippen LogP contribution in [0.25, 0.3) is 0 Å². The minimum absolute atomic E-state index is 0.00347. The molecule has 3 rings (SSSR count). The topological polar surface area (TPSA) is 94.8 Å². The highest BCUT2D eigenvalue weighted by atomic mass is 16.5. The number of amides is 1. The number of phenols is 1. The third-order valence-electron chi connectivity index (χ3n) is 5.21. The first-order chi connectivity index (χ1) is 13.1. The lowest BCUT2D eigenvalue weighted by molar-refractivity contribution is -0.133. The number of benzene rings is 1. The molecule has 27 heavy (non-hydrogen) atoms. The quantitative estimate of drug-likeness (QED) is 0.793. The number of rotatable bonds is 6. The van der Waals surface area contributed by atoms with Crippen LogP contribution < -0.4 is 14.8 Å². The van der Waals surface area contributed by atoms with Crippen LogP contribution in [0.3, 0.4) is 0 Å². The summed E-state index contributed by atoms with van der Waals surface area (Å²) in [5, 5.41) is 22.5. The molecule has 2 N–H and O–H groups in total. The van der Waals surface area contributed by atoms with Crippen LogP contribution >= 0.6 is 0 Å². The Hall–Kier alpha value is -2.46. The van der Waals surface area contributed by atoms with Gasteiger partial charge in [-0.1, -0.05) is 0 Å². The van der Waals surface area contributed by atoms with Crippen LogP contribution in [-0.4, -0.2) is 54.3 Å². The van der Waals surface area contributed by atoms with E-state index in [1.165, 1.54) is 0 Å². The second kappa shape index (κ2) is 8.49. The molecule has 1 amide bonds. The van der Waals surface area contributed by atoms with Crippen LogP contribution in [-0.2, 0) is 4.79 Å². The van der Waals surface area contributed by atoms with Crippen molar-refractivity contribution in [3.8, 4) is 23.3 Å². The van der Waals surface area contributed by atoms with Crippen molar-refractivity contribution in [3.05, 3.63) is 17.7 Å². The molecule has 2 aliphatic heterocycles. The second-order valence-corrected chi connectivity index (χ2v) is 6.93. The summed E-state index contributed by atoms with van der Waals surface area (Å²) >= 11 is 0. The number of nitrogens with one attached hydrogen (secondary N) is 1. The Balaban J connectivity index is 1.82. The predicted octanol–water partition coefficient (Wildman–Crippen LogP) is 2.15. The van der Waals surface area contributed by atoms with Gasteiger partial charge in [0.25, 0.3) is 0 Å². The number of ether oxygens (including phenoxy) is 2. The summed E-state index contributed by atoms with van der Waals surface area (Å²) in [7, 11) is 0. The Morgan fingerprint density at radius 1 is 1.33 bits per heavy atom. The van der Waals surface area contributed by atoms with Crippen molar-refractivity contribution in [2.24, 2.45) is 0 Å². The van der Waals surface area contributed by atoms with Crippen LogP contribution in [0.2, 0.25) is 0 Å². The highest BCUT2D eigenvalue weighted by Gasteiger charge is 2.39. The first kappa shape index (κ1) is 19.3. The van der Waals surface area contributed by atoms with Gasteiger partial charge in [0.2, 0.25) is 5.91 Å². The molecule has 3 atom stereocenters. The van der Waals surface area contributed by atoms with Crippen molar-refractivity contribution in [1.82, 2.24) is 10.2 Å². The molecule has 0 aromatic heterocycles. The molecule has 1 aromatic carbocycles. The van der Waals surface area contributed by atoms with E-state index < -0.39 is 0 Å². The Kier molecular flexibility index (Phi) is 6.07. The molecule has 2 saturated heterocycles. The summed E-state index contributed by atoms with van der Waals surface area (Å²) < 4.78 is 11.5. The molecule has 0 saturated carbocycles. The number of hydrogen-bond acceptors (Lipinski definition) is 6. The fourth-order valence-electron chi connectivity index (χ4n) is 4.05. The van der Waals surface area contributed by atoms with Crippen molar-refractivity contribution >= 4 is 5.91 Å². The molecule has 146 valence electrons. The van der Waals surface area contributed by atoms with E-state index in [-0.39, 0.29) is 29.7 Å². The van der Waals surface area contributed by atoms with Gasteiger partial charge in [0.15, 0.2) is 0 Å². The van der Waals surface area contributed by atoms with Crippen molar-refractivity contribution < 1.29 is 19.4 Å². The fraction of sp³-hybridized carbons (Fsp3) is 0.600. The number of likely N-dealkylation sites (tertiary alicyclic amines) is 1. The van der Waals surface area contributed by atoms with Crippen molar-refractivity contribution in [3.63, 3.8) is 0 Å². The number of aromatic hydroxyl groups is 1. The van der Waals surface area contributed by atoms with Crippen molar-refractivity contribution in [1.29, 1.82) is 5.26 Å². The third-order valence-corrected chi connectivity index (χ3v) is 5.21. The summed E-state index contributed by atoms with van der Waals surface area (Å²) in [6.45, 7) is 6.00. The molecule has 7 heteroatoms. The Morgan fingerprint density at radius 3 is 2.59 bits per heavy atom. The maximum atomic E-state index is 12.9. The smallest absolute Gasteiger partial charge is 0.240 e. The second-order valence-electron chi connectivity index (χ2n) is 6.93. The van der Waals surface area contributed by atoms with Gasteiger partial charge in [-0.15, -0.1) is 0 Å². The van der Waals surface area contributed by atoms with Gasteiger partial charge in [-0.2, -0.15) is 5.26 Å². The van der Waals surface area contributed by atoms with Crippen LogP contribution in [0.1, 0.15) is 44.6 Å². The first-order valence-corrected chi connectivity index (χ1v) is 9.65. The Bertz CT molecular complexity index is 703. The van der Waals surface area contributed by atoms with E-state index in [1.807, 2.05) is 13.8 Å². The summed E-state index contributed by atoms with van der Waals surface area (Å²) in [6.07, 6.45) is 2.23. The predicted molar refractivity (Wildman–Crippen MR) is 99.9 cm³/mol. The molecule has 0 radical (unpaired) electrons. The third kappa shape index (κ3) is 3.96. The number of carbonyl (C=O) groups is 1. The highest BCUT2D eigenvalue weighted by molar-refractivity contribution is 5.83. The maximum absolute atomic E-state index is 12.9. The molecular formula is C20H27N3O4. The molecule has 0 spiro atoms. The van der Waals surface area contributed by atoms with Gasteiger partial charge in [0.05, 0.1) is 25.3 Å². The SMILES string of the molecule is CCOc1cc(O)cc(OCC)c1[C@@H]1CN[C@H](C(=O)N2CCC[C@H]2C#N)C1. The van der Waals surface area contributed by atoms with E-state index in [4.69, 9.17) is 9.47 Å². The van der Waals surface area contributed by atoms with E-state index in [1.54, 1.807) is 17.0 Å². The molecule has 2 heterocycles. The molecule has 1 aromatic rings. The summed E-state index contributed by atoms with van der Waals surface area (Å²) in [4.78, 5) is 14.6. The zero-order valence-corrected chi connectivity index (χ0v) is 15.9. The standard InChI is InChI=1S/C20H27N3O4/c1-3-26-17-9-15(24)10-18(27-4-2)19(17)13-8-16(22-12-13)20(25)23-7-5-6-14(23)11-21/h9-10,13-14,16,22,24H,3-8,12H2,1-2H3/t13-,14-,16-/m0/s1. The molecule has 2 aliphatic rings. The van der Waals surface area contributed by atoms with Crippen molar-refractivity contribution in [2.45, 2.75) is 51.1 Å². The minimum atomic E-state index is -0.318. The van der Waals surface area contributed by atoms with Crippen molar-refractivity contribution in [2.75, 3.05) is 26.3 Å².